The van der Waals surface area contributed by atoms with E-state index in [0.717, 1.165) is 68.8 Å². The Kier molecular flexibility index (Phi) is 13.8. The summed E-state index contributed by atoms with van der Waals surface area (Å²) in [7, 11) is 8.12. The molecule has 0 unspecified atom stereocenters. The average Bonchev–Trinajstić information content (AvgIpc) is 3.51. The van der Waals surface area contributed by atoms with Crippen molar-refractivity contribution in [1.82, 2.24) is 24.8 Å². The molecule has 0 spiro atoms. The van der Waals surface area contributed by atoms with Gasteiger partial charge in [-0.15, -0.1) is 5.10 Å². The van der Waals surface area contributed by atoms with E-state index in [-0.39, 0.29) is 0 Å². The van der Waals surface area contributed by atoms with Crippen LogP contribution in [0, 0.1) is 0 Å². The van der Waals surface area contributed by atoms with Crippen LogP contribution >= 0.6 is 31.9 Å². The first-order valence-electron chi connectivity index (χ1n) is 15.1. The van der Waals surface area contributed by atoms with E-state index in [1.165, 1.54) is 5.56 Å². The lowest BCUT2D eigenvalue weighted by Gasteiger charge is -2.13. The Hall–Kier alpha value is -3.58. The zero-order valence-electron chi connectivity index (χ0n) is 26.9. The number of hydrazone groups is 1. The number of aryl methyl sites for hydroxylation is 2. The molecule has 12 heteroatoms. The maximum atomic E-state index is 5.87. The van der Waals surface area contributed by atoms with Gasteiger partial charge >= 0.3 is 0 Å². The molecule has 0 saturated heterocycles. The van der Waals surface area contributed by atoms with Gasteiger partial charge in [-0.25, -0.2) is 0 Å². The standard InChI is InChI=1S/C34H42Br2N8O2/c1-42(2)16-18-45-33-10-8-25(20-29(33)35)12-14-38-23-31(39-37)27-6-5-7-28(22-27)32-24-44(41-40-32)15-13-26-9-11-34(30(36)21-26)46-19-17-43(3)4/h5-11,20-24H,12-19,37H2,1-4H3. The van der Waals surface area contributed by atoms with Crippen LogP contribution in [0.1, 0.15) is 16.7 Å². The van der Waals surface area contributed by atoms with Gasteiger partial charge in [-0.1, -0.05) is 35.5 Å². The molecule has 0 radical (unpaired) electrons. The lowest BCUT2D eigenvalue weighted by molar-refractivity contribution is 0.260. The zero-order valence-corrected chi connectivity index (χ0v) is 30.0. The summed E-state index contributed by atoms with van der Waals surface area (Å²) in [6.07, 6.45) is 5.27. The SMILES string of the molecule is CN(C)CCOc1ccc(CCN=CC(=NN)c2cccc(-c3cn(CCc4ccc(OCCN(C)C)c(Br)c4)nn3)c2)cc1Br. The van der Waals surface area contributed by atoms with Gasteiger partial charge in [0, 0.05) is 43.5 Å². The number of aliphatic imine (C=N–C) groups is 1. The minimum atomic E-state index is 0.597. The van der Waals surface area contributed by atoms with Crippen LogP contribution in [0.3, 0.4) is 0 Å². The van der Waals surface area contributed by atoms with Gasteiger partial charge in [0.15, 0.2) is 0 Å². The van der Waals surface area contributed by atoms with E-state index in [4.69, 9.17) is 15.3 Å². The van der Waals surface area contributed by atoms with Crippen molar-refractivity contribution >= 4 is 43.8 Å². The fraction of sp³-hybridized carbons (Fsp3) is 0.353. The van der Waals surface area contributed by atoms with Crippen molar-refractivity contribution in [3.8, 4) is 22.8 Å². The summed E-state index contributed by atoms with van der Waals surface area (Å²) in [6, 6.07) is 20.3. The normalized spacial score (nSPS) is 12.0. The maximum Gasteiger partial charge on any atom is 0.133 e. The third kappa shape index (κ3) is 11.0. The number of likely N-dealkylation sites (N-methyl/N-ethyl adjacent to an activating group) is 2. The van der Waals surface area contributed by atoms with Crippen molar-refractivity contribution in [3.63, 3.8) is 0 Å². The number of hydrogen-bond donors (Lipinski definition) is 1. The fourth-order valence-corrected chi connectivity index (χ4v) is 5.54. The molecule has 0 aliphatic carbocycles. The molecule has 3 aromatic carbocycles. The second-order valence-corrected chi connectivity index (χ2v) is 13.0. The van der Waals surface area contributed by atoms with Gasteiger partial charge in [0.25, 0.3) is 0 Å². The van der Waals surface area contributed by atoms with E-state index in [1.54, 1.807) is 6.21 Å². The molecule has 4 rings (SSSR count). The van der Waals surface area contributed by atoms with Crippen LogP contribution in [0.4, 0.5) is 0 Å². The third-order valence-corrected chi connectivity index (χ3v) is 8.33. The van der Waals surface area contributed by atoms with E-state index < -0.39 is 0 Å². The van der Waals surface area contributed by atoms with E-state index in [9.17, 15) is 0 Å². The molecule has 10 nitrogen and oxygen atoms in total. The molecular weight excluding hydrogens is 712 g/mol. The number of benzene rings is 3. The van der Waals surface area contributed by atoms with E-state index >= 15 is 0 Å². The topological polar surface area (TPSA) is 106 Å². The number of aromatic nitrogens is 3. The Balaban J connectivity index is 1.30. The van der Waals surface area contributed by atoms with Crippen LogP contribution in [-0.4, -0.2) is 97.8 Å². The number of rotatable bonds is 17. The molecule has 1 heterocycles. The van der Waals surface area contributed by atoms with Gasteiger partial charge in [0.2, 0.25) is 0 Å². The maximum absolute atomic E-state index is 5.87. The van der Waals surface area contributed by atoms with Crippen LogP contribution in [0.5, 0.6) is 11.5 Å². The third-order valence-electron chi connectivity index (χ3n) is 7.09. The lowest BCUT2D eigenvalue weighted by Crippen LogP contribution is -2.19. The second-order valence-electron chi connectivity index (χ2n) is 11.3. The van der Waals surface area contributed by atoms with Crippen LogP contribution in [0.15, 0.2) is 85.9 Å². The smallest absolute Gasteiger partial charge is 0.133 e. The van der Waals surface area contributed by atoms with Crippen molar-refractivity contribution in [2.24, 2.45) is 15.9 Å². The second kappa shape index (κ2) is 17.9. The first kappa shape index (κ1) is 35.3. The first-order chi connectivity index (χ1) is 22.2. The fourth-order valence-electron chi connectivity index (χ4n) is 4.46. The van der Waals surface area contributed by atoms with Gasteiger partial charge in [0.05, 0.1) is 15.1 Å². The zero-order chi connectivity index (χ0) is 32.9. The minimum Gasteiger partial charge on any atom is -0.491 e. The molecule has 0 fully saturated rings. The lowest BCUT2D eigenvalue weighted by atomic mass is 10.1. The van der Waals surface area contributed by atoms with Crippen molar-refractivity contribution in [2.45, 2.75) is 19.4 Å². The van der Waals surface area contributed by atoms with Crippen LogP contribution in [0.2, 0.25) is 0 Å². The molecule has 2 N–H and O–H groups in total. The largest absolute Gasteiger partial charge is 0.491 e. The quantitative estimate of drug-likeness (QED) is 0.0855. The van der Waals surface area contributed by atoms with Gasteiger partial charge < -0.3 is 25.1 Å². The summed E-state index contributed by atoms with van der Waals surface area (Å²) >= 11 is 7.26. The Morgan fingerprint density at radius 1 is 0.870 bits per heavy atom. The predicted molar refractivity (Wildman–Crippen MR) is 193 cm³/mol. The highest BCUT2D eigenvalue weighted by atomic mass is 79.9. The highest BCUT2D eigenvalue weighted by molar-refractivity contribution is 9.10. The molecule has 0 amide bonds. The number of ether oxygens (including phenoxy) is 2. The van der Waals surface area contributed by atoms with E-state index in [0.29, 0.717) is 32.0 Å². The van der Waals surface area contributed by atoms with Gasteiger partial charge in [0.1, 0.15) is 36.1 Å². The van der Waals surface area contributed by atoms with Crippen LogP contribution < -0.4 is 15.3 Å². The molecule has 1 aromatic heterocycles. The predicted octanol–water partition coefficient (Wildman–Crippen LogP) is 5.57. The van der Waals surface area contributed by atoms with E-state index in [2.05, 4.69) is 86.3 Å². The summed E-state index contributed by atoms with van der Waals surface area (Å²) in [5.41, 5.74) is 5.51. The number of nitrogens with two attached hydrogens (primary N) is 1. The number of nitrogens with zero attached hydrogens (tertiary/aromatic N) is 7. The molecule has 0 aliphatic rings. The van der Waals surface area contributed by atoms with Gasteiger partial charge in [-0.2, -0.15) is 5.10 Å². The molecule has 0 atom stereocenters. The molecular formula is C34H42Br2N8O2. The Morgan fingerprint density at radius 3 is 2.09 bits per heavy atom. The average molecular weight is 755 g/mol. The Labute approximate surface area is 288 Å². The van der Waals surface area contributed by atoms with Crippen molar-refractivity contribution in [2.75, 3.05) is 61.0 Å². The monoisotopic (exact) mass is 752 g/mol. The van der Waals surface area contributed by atoms with Crippen molar-refractivity contribution < 1.29 is 9.47 Å². The van der Waals surface area contributed by atoms with Gasteiger partial charge in [-0.05, 0) is 114 Å². The van der Waals surface area contributed by atoms with Crippen molar-refractivity contribution in [1.29, 1.82) is 0 Å². The highest BCUT2D eigenvalue weighted by Gasteiger charge is 2.09. The summed E-state index contributed by atoms with van der Waals surface area (Å²) in [5.74, 6) is 7.45. The Morgan fingerprint density at radius 2 is 1.50 bits per heavy atom. The first-order valence-corrected chi connectivity index (χ1v) is 16.7. The molecule has 244 valence electrons. The molecule has 46 heavy (non-hydrogen) atoms. The number of hydrogen-bond acceptors (Lipinski definition) is 9. The molecule has 0 bridgehead atoms. The van der Waals surface area contributed by atoms with Crippen molar-refractivity contribution in [3.05, 3.63) is 92.5 Å². The molecule has 0 saturated carbocycles. The Bertz CT molecular complexity index is 1620. The summed E-state index contributed by atoms with van der Waals surface area (Å²) in [4.78, 5) is 8.78. The molecule has 0 aliphatic heterocycles. The summed E-state index contributed by atoms with van der Waals surface area (Å²) in [5, 5.41) is 12.8. The number of halogens is 2. The summed E-state index contributed by atoms with van der Waals surface area (Å²) < 4.78 is 15.5. The minimum absolute atomic E-state index is 0.597. The van der Waals surface area contributed by atoms with Crippen LogP contribution in [0.25, 0.3) is 11.3 Å². The molecule has 4 aromatic rings. The highest BCUT2D eigenvalue weighted by Crippen LogP contribution is 2.27. The summed E-state index contributed by atoms with van der Waals surface area (Å²) in [6.45, 7) is 4.30. The van der Waals surface area contributed by atoms with Crippen LogP contribution in [-0.2, 0) is 19.4 Å². The van der Waals surface area contributed by atoms with E-state index in [1.807, 2.05) is 75.5 Å². The van der Waals surface area contributed by atoms with Gasteiger partial charge in [-0.3, -0.25) is 9.67 Å².